The van der Waals surface area contributed by atoms with E-state index in [4.69, 9.17) is 5.11 Å². The van der Waals surface area contributed by atoms with Crippen molar-refractivity contribution >= 4 is 11.5 Å². The zero-order valence-corrected chi connectivity index (χ0v) is 11.4. The topological polar surface area (TPSA) is 52.3 Å². The highest BCUT2D eigenvalue weighted by molar-refractivity contribution is 5.88. The molecule has 0 spiro atoms. The second-order valence-corrected chi connectivity index (χ2v) is 4.21. The van der Waals surface area contributed by atoms with Gasteiger partial charge in [-0.2, -0.15) is 0 Å². The first-order valence-electron chi connectivity index (χ1n) is 5.67. The highest BCUT2D eigenvalue weighted by atomic mass is 16.3. The predicted octanol–water partition coefficient (Wildman–Crippen LogP) is 1.63. The monoisotopic (exact) mass is 239 g/mol. The number of hydrogen-bond donors (Lipinski definition) is 2. The molecule has 0 saturated carbocycles. The number of hydrogen-bond acceptors (Lipinski definition) is 3. The molecule has 4 nitrogen and oxygen atoms in total. The molecule has 0 fully saturated rings. The minimum absolute atomic E-state index is 0.0462. The summed E-state index contributed by atoms with van der Waals surface area (Å²) in [5.41, 5.74) is 1.87. The van der Waals surface area contributed by atoms with E-state index in [-0.39, 0.29) is 5.78 Å². The van der Waals surface area contributed by atoms with Crippen LogP contribution in [0.1, 0.15) is 27.7 Å². The van der Waals surface area contributed by atoms with E-state index in [0.29, 0.717) is 5.76 Å². The van der Waals surface area contributed by atoms with Gasteiger partial charge in [0.15, 0.2) is 18.0 Å². The number of nitrogens with zero attached hydrogens (tertiary/aromatic N) is 1. The second kappa shape index (κ2) is 7.65. The second-order valence-electron chi connectivity index (χ2n) is 4.21. The molecule has 0 atom stereocenters. The highest BCUT2D eigenvalue weighted by Crippen LogP contribution is 1.89. The van der Waals surface area contributed by atoms with Crippen LogP contribution in [0.15, 0.2) is 23.6 Å². The van der Waals surface area contributed by atoms with E-state index in [2.05, 4.69) is 5.32 Å². The lowest BCUT2D eigenvalue weighted by atomic mass is 10.3. The van der Waals surface area contributed by atoms with Gasteiger partial charge < -0.3 is 10.4 Å². The molecule has 0 radical (unpaired) electrons. The van der Waals surface area contributed by atoms with Crippen LogP contribution >= 0.6 is 0 Å². The summed E-state index contributed by atoms with van der Waals surface area (Å²) >= 11 is 0. The number of allylic oxidation sites excluding steroid dienone is 4. The van der Waals surface area contributed by atoms with E-state index in [9.17, 15) is 4.79 Å². The fourth-order valence-electron chi connectivity index (χ4n) is 1.37. The maximum atomic E-state index is 10.8. The largest absolute Gasteiger partial charge is 0.512 e. The summed E-state index contributed by atoms with van der Waals surface area (Å²) in [4.78, 5) is 10.8. The molecule has 0 amide bonds. The van der Waals surface area contributed by atoms with E-state index >= 15 is 0 Å². The van der Waals surface area contributed by atoms with Gasteiger partial charge >= 0.3 is 0 Å². The number of ketones is 1. The van der Waals surface area contributed by atoms with Crippen LogP contribution in [-0.2, 0) is 4.79 Å². The van der Waals surface area contributed by atoms with Gasteiger partial charge in [0.2, 0.25) is 0 Å². The lowest BCUT2D eigenvalue weighted by Crippen LogP contribution is -2.25. The van der Waals surface area contributed by atoms with Gasteiger partial charge in [-0.05, 0) is 26.8 Å². The molecule has 0 heterocycles. The van der Waals surface area contributed by atoms with Gasteiger partial charge in [-0.15, -0.1) is 0 Å². The van der Waals surface area contributed by atoms with Gasteiger partial charge in [0.1, 0.15) is 7.05 Å². The molecule has 0 aromatic carbocycles. The van der Waals surface area contributed by atoms with Crippen molar-refractivity contribution in [2.75, 3.05) is 20.1 Å². The average Bonchev–Trinajstić information content (AvgIpc) is 2.14. The summed E-state index contributed by atoms with van der Waals surface area (Å²) in [7, 11) is 1.96. The molecule has 0 rings (SSSR count). The van der Waals surface area contributed by atoms with Crippen molar-refractivity contribution in [3.05, 3.63) is 23.6 Å². The van der Waals surface area contributed by atoms with Crippen molar-refractivity contribution in [1.29, 1.82) is 0 Å². The number of aliphatic hydroxyl groups is 1. The van der Waals surface area contributed by atoms with Crippen molar-refractivity contribution < 1.29 is 14.5 Å². The zero-order valence-electron chi connectivity index (χ0n) is 11.4. The Morgan fingerprint density at radius 1 is 1.24 bits per heavy atom. The number of likely N-dealkylation sites (N-methyl/N-ethyl adjacent to an activating group) is 1. The van der Waals surface area contributed by atoms with E-state index in [1.807, 2.05) is 25.5 Å². The van der Waals surface area contributed by atoms with E-state index in [1.165, 1.54) is 6.92 Å². The van der Waals surface area contributed by atoms with Crippen LogP contribution in [0.3, 0.4) is 0 Å². The molecule has 17 heavy (non-hydrogen) atoms. The normalized spacial score (nSPS) is 14.4. The minimum atomic E-state index is 0.0462. The molecular formula is C13H23N2O2+. The number of rotatable bonds is 6. The highest BCUT2D eigenvalue weighted by Gasteiger charge is 2.02. The predicted molar refractivity (Wildman–Crippen MR) is 70.6 cm³/mol. The molecular weight excluding hydrogens is 216 g/mol. The summed E-state index contributed by atoms with van der Waals surface area (Å²) in [6.45, 7) is 8.55. The molecule has 0 aliphatic rings. The first kappa shape index (κ1) is 15.4. The summed E-state index contributed by atoms with van der Waals surface area (Å²) in [6, 6.07) is 0. The molecule has 2 N–H and O–H groups in total. The number of carbonyl (C=O) groups is 1. The first-order valence-corrected chi connectivity index (χ1v) is 5.67. The van der Waals surface area contributed by atoms with Gasteiger partial charge in [0.05, 0.1) is 12.3 Å². The van der Waals surface area contributed by atoms with Crippen molar-refractivity contribution in [2.24, 2.45) is 0 Å². The Labute approximate surface area is 103 Å². The third kappa shape index (κ3) is 8.25. The Morgan fingerprint density at radius 3 is 2.29 bits per heavy atom. The number of carbonyl (C=O) groups excluding carboxylic acids is 1. The van der Waals surface area contributed by atoms with Crippen LogP contribution in [0, 0.1) is 0 Å². The van der Waals surface area contributed by atoms with E-state index in [0.717, 1.165) is 24.5 Å². The summed E-state index contributed by atoms with van der Waals surface area (Å²) in [5, 5.41) is 12.3. The van der Waals surface area contributed by atoms with Gasteiger partial charge in [0.25, 0.3) is 0 Å². The van der Waals surface area contributed by atoms with Crippen LogP contribution in [-0.4, -0.2) is 41.3 Å². The van der Waals surface area contributed by atoms with Crippen LogP contribution < -0.4 is 5.32 Å². The Morgan fingerprint density at radius 2 is 1.82 bits per heavy atom. The lowest BCUT2D eigenvalue weighted by molar-refractivity contribution is -0.494. The van der Waals surface area contributed by atoms with Gasteiger partial charge in [-0.1, -0.05) is 0 Å². The first-order chi connectivity index (χ1) is 7.82. The van der Waals surface area contributed by atoms with Crippen molar-refractivity contribution in [3.8, 4) is 0 Å². The quantitative estimate of drug-likeness (QED) is 0.320. The van der Waals surface area contributed by atoms with Gasteiger partial charge in [0, 0.05) is 18.7 Å². The van der Waals surface area contributed by atoms with Crippen LogP contribution in [0.25, 0.3) is 0 Å². The summed E-state index contributed by atoms with van der Waals surface area (Å²) in [6.07, 6.45) is 3.30. The molecule has 0 bridgehead atoms. The zero-order chi connectivity index (χ0) is 13.4. The Hall–Kier alpha value is -1.58. The molecule has 0 saturated heterocycles. The standard InChI is InChI=1S/C13H22N2O2/c1-10(8-12(3)16)14-6-7-15(5)11(2)9-13(4)17/h8-9H,6-7H2,1-5H3,(H,14,16)/p+1. The van der Waals surface area contributed by atoms with Crippen molar-refractivity contribution in [3.63, 3.8) is 0 Å². The average molecular weight is 239 g/mol. The Kier molecular flexibility index (Phi) is 6.94. The SMILES string of the molecule is CC(=O)C=C(C)NCC[N+](C)=C(C)C=C(C)O. The third-order valence-electron chi connectivity index (χ3n) is 2.29. The Balaban J connectivity index is 4.22. The molecule has 0 unspecified atom stereocenters. The fourth-order valence-corrected chi connectivity index (χ4v) is 1.37. The van der Waals surface area contributed by atoms with E-state index in [1.54, 1.807) is 19.1 Å². The van der Waals surface area contributed by atoms with Crippen molar-refractivity contribution in [2.45, 2.75) is 27.7 Å². The van der Waals surface area contributed by atoms with Crippen LogP contribution in [0.2, 0.25) is 0 Å². The molecule has 0 aromatic heterocycles. The third-order valence-corrected chi connectivity index (χ3v) is 2.29. The van der Waals surface area contributed by atoms with Crippen molar-refractivity contribution in [1.82, 2.24) is 5.32 Å². The van der Waals surface area contributed by atoms with Gasteiger partial charge in [-0.25, -0.2) is 4.58 Å². The van der Waals surface area contributed by atoms with E-state index < -0.39 is 0 Å². The molecule has 0 aromatic rings. The lowest BCUT2D eigenvalue weighted by Gasteiger charge is -2.05. The van der Waals surface area contributed by atoms with Gasteiger partial charge in [-0.3, -0.25) is 4.79 Å². The Bertz CT molecular complexity index is 362. The molecule has 0 aliphatic carbocycles. The fraction of sp³-hybridized carbons (Fsp3) is 0.538. The summed E-state index contributed by atoms with van der Waals surface area (Å²) in [5.74, 6) is 0.347. The maximum Gasteiger partial charge on any atom is 0.176 e. The molecule has 0 aliphatic heterocycles. The molecule has 4 heteroatoms. The van der Waals surface area contributed by atoms with Crippen LogP contribution in [0.5, 0.6) is 0 Å². The van der Waals surface area contributed by atoms with Crippen LogP contribution in [0.4, 0.5) is 0 Å². The minimum Gasteiger partial charge on any atom is -0.512 e. The molecule has 96 valence electrons. The smallest absolute Gasteiger partial charge is 0.176 e. The number of aliphatic hydroxyl groups excluding tert-OH is 1. The summed E-state index contributed by atoms with van der Waals surface area (Å²) < 4.78 is 2.04. The maximum absolute atomic E-state index is 10.8. The number of nitrogens with one attached hydrogen (secondary N) is 1.